The van der Waals surface area contributed by atoms with Gasteiger partial charge in [-0.1, -0.05) is 50.3 Å². The lowest BCUT2D eigenvalue weighted by atomic mass is 10.0. The topological polar surface area (TPSA) is 52.2 Å². The third-order valence-corrected chi connectivity index (χ3v) is 5.36. The first-order valence-corrected chi connectivity index (χ1v) is 9.54. The fraction of sp³-hybridized carbons (Fsp3) is 0.250. The van der Waals surface area contributed by atoms with E-state index in [-0.39, 0.29) is 5.69 Å². The summed E-state index contributed by atoms with van der Waals surface area (Å²) in [6.07, 6.45) is 2.68. The van der Waals surface area contributed by atoms with Crippen molar-refractivity contribution in [2.75, 3.05) is 0 Å². The van der Waals surface area contributed by atoms with Crippen molar-refractivity contribution in [3.8, 4) is 11.4 Å². The van der Waals surface area contributed by atoms with Gasteiger partial charge < -0.3 is 0 Å². The summed E-state index contributed by atoms with van der Waals surface area (Å²) in [7, 11) is 0. The maximum Gasteiger partial charge on any atom is 0.352 e. The van der Waals surface area contributed by atoms with Crippen LogP contribution in [-0.4, -0.2) is 19.2 Å². The van der Waals surface area contributed by atoms with Crippen LogP contribution in [-0.2, 0) is 13.0 Å². The summed E-state index contributed by atoms with van der Waals surface area (Å²) in [6, 6.07) is 9.75. The van der Waals surface area contributed by atoms with Gasteiger partial charge in [-0.15, -0.1) is 23.0 Å². The van der Waals surface area contributed by atoms with Gasteiger partial charge in [-0.25, -0.2) is 9.78 Å². The number of rotatable bonds is 5. The van der Waals surface area contributed by atoms with E-state index in [0.717, 1.165) is 22.2 Å². The number of fused-ring (bicyclic) bond motifs is 3. The van der Waals surface area contributed by atoms with E-state index >= 15 is 0 Å². The van der Waals surface area contributed by atoms with Crippen molar-refractivity contribution in [1.82, 2.24) is 19.2 Å². The Hall–Kier alpha value is -2.73. The zero-order valence-corrected chi connectivity index (χ0v) is 15.7. The summed E-state index contributed by atoms with van der Waals surface area (Å²) < 4.78 is 3.16. The number of hydrogen-bond donors (Lipinski definition) is 0. The van der Waals surface area contributed by atoms with Crippen LogP contribution in [0.15, 0.2) is 53.2 Å². The molecule has 3 heterocycles. The third-order valence-electron chi connectivity index (χ3n) is 4.31. The van der Waals surface area contributed by atoms with Crippen molar-refractivity contribution in [2.45, 2.75) is 26.8 Å². The molecule has 0 aliphatic rings. The summed E-state index contributed by atoms with van der Waals surface area (Å²) >= 11 is 1.59. The summed E-state index contributed by atoms with van der Waals surface area (Å²) in [5.41, 5.74) is 2.58. The van der Waals surface area contributed by atoms with Gasteiger partial charge in [0, 0.05) is 12.1 Å². The van der Waals surface area contributed by atoms with E-state index in [9.17, 15) is 4.79 Å². The molecule has 0 amide bonds. The third kappa shape index (κ3) is 2.66. The molecule has 3 aromatic heterocycles. The molecule has 26 heavy (non-hydrogen) atoms. The summed E-state index contributed by atoms with van der Waals surface area (Å²) in [4.78, 5) is 18.7. The van der Waals surface area contributed by atoms with E-state index in [2.05, 4.69) is 30.9 Å². The van der Waals surface area contributed by atoms with E-state index in [1.807, 2.05) is 30.3 Å². The van der Waals surface area contributed by atoms with E-state index in [0.29, 0.717) is 23.9 Å². The molecule has 1 aromatic carbocycles. The maximum absolute atomic E-state index is 13.0. The van der Waals surface area contributed by atoms with Gasteiger partial charge in [0.2, 0.25) is 0 Å². The second kappa shape index (κ2) is 6.53. The second-order valence-electron chi connectivity index (χ2n) is 6.76. The summed E-state index contributed by atoms with van der Waals surface area (Å²) in [5, 5.41) is 7.69. The first-order chi connectivity index (χ1) is 12.6. The van der Waals surface area contributed by atoms with Crippen molar-refractivity contribution in [3.63, 3.8) is 0 Å². The molecule has 0 saturated carbocycles. The highest BCUT2D eigenvalue weighted by Crippen LogP contribution is 2.30. The van der Waals surface area contributed by atoms with Crippen LogP contribution in [0, 0.1) is 5.92 Å². The highest BCUT2D eigenvalue weighted by atomic mass is 32.1. The largest absolute Gasteiger partial charge is 0.352 e. The van der Waals surface area contributed by atoms with Crippen molar-refractivity contribution in [1.29, 1.82) is 0 Å². The van der Waals surface area contributed by atoms with Crippen LogP contribution < -0.4 is 5.69 Å². The molecule has 0 spiro atoms. The lowest BCUT2D eigenvalue weighted by molar-refractivity contribution is 0.650. The lowest BCUT2D eigenvalue weighted by Gasteiger charge is -2.07. The minimum atomic E-state index is -0.181. The predicted octanol–water partition coefficient (Wildman–Crippen LogP) is 4.16. The number of hydrogen-bond acceptors (Lipinski definition) is 4. The van der Waals surface area contributed by atoms with Crippen LogP contribution in [0.2, 0.25) is 0 Å². The SMILES string of the molecule is C=CCn1c(=O)n2nc(-c3ccccc3)nc2c2c(CC(C)C)csc21. The standard InChI is InChI=1S/C20H20N4OS/c1-4-10-23-19-16(15(12-26-19)11-13(2)3)18-21-17(22-24(18)20(23)25)14-8-6-5-7-9-14/h4-9,12-13H,1,10-11H2,2-3H3. The van der Waals surface area contributed by atoms with Gasteiger partial charge in [-0.05, 0) is 23.3 Å². The Bertz CT molecular complexity index is 1150. The molecule has 0 bridgehead atoms. The molecule has 0 atom stereocenters. The first kappa shape index (κ1) is 16.7. The molecule has 4 aromatic rings. The number of thiophene rings is 1. The molecule has 0 fully saturated rings. The maximum atomic E-state index is 13.0. The van der Waals surface area contributed by atoms with Gasteiger partial charge in [0.15, 0.2) is 11.5 Å². The molecule has 0 aliphatic carbocycles. The molecule has 4 rings (SSSR count). The average molecular weight is 364 g/mol. The van der Waals surface area contributed by atoms with Gasteiger partial charge in [0.1, 0.15) is 4.83 Å². The molecule has 5 nitrogen and oxygen atoms in total. The van der Waals surface area contributed by atoms with Crippen LogP contribution in [0.5, 0.6) is 0 Å². The Labute approximate surface area is 155 Å². The zero-order chi connectivity index (χ0) is 18.3. The van der Waals surface area contributed by atoms with Crippen molar-refractivity contribution in [3.05, 3.63) is 64.4 Å². The first-order valence-electron chi connectivity index (χ1n) is 8.66. The van der Waals surface area contributed by atoms with E-state index in [1.54, 1.807) is 22.0 Å². The average Bonchev–Trinajstić information content (AvgIpc) is 3.23. The van der Waals surface area contributed by atoms with Gasteiger partial charge in [-0.3, -0.25) is 4.57 Å². The van der Waals surface area contributed by atoms with Crippen LogP contribution >= 0.6 is 11.3 Å². The van der Waals surface area contributed by atoms with Gasteiger partial charge in [-0.2, -0.15) is 4.52 Å². The Morgan fingerprint density at radius 1 is 1.27 bits per heavy atom. The molecule has 0 saturated heterocycles. The van der Waals surface area contributed by atoms with Gasteiger partial charge in [0.25, 0.3) is 0 Å². The number of aromatic nitrogens is 4. The smallest absolute Gasteiger partial charge is 0.279 e. The van der Waals surface area contributed by atoms with Crippen LogP contribution in [0.3, 0.4) is 0 Å². The molecule has 6 heteroatoms. The van der Waals surface area contributed by atoms with Crippen molar-refractivity contribution in [2.24, 2.45) is 5.92 Å². The van der Waals surface area contributed by atoms with Crippen LogP contribution in [0.25, 0.3) is 27.3 Å². The second-order valence-corrected chi connectivity index (χ2v) is 7.62. The number of allylic oxidation sites excluding steroid dienone is 1. The minimum Gasteiger partial charge on any atom is -0.279 e. The molecular weight excluding hydrogens is 344 g/mol. The van der Waals surface area contributed by atoms with E-state index in [4.69, 9.17) is 4.98 Å². The molecule has 0 radical (unpaired) electrons. The number of nitrogens with zero attached hydrogens (tertiary/aromatic N) is 4. The Balaban J connectivity index is 2.08. The van der Waals surface area contributed by atoms with Crippen LogP contribution in [0.4, 0.5) is 0 Å². The summed E-state index contributed by atoms with van der Waals surface area (Å²) in [6.45, 7) is 8.63. The Morgan fingerprint density at radius 3 is 2.73 bits per heavy atom. The Kier molecular flexibility index (Phi) is 4.20. The Morgan fingerprint density at radius 2 is 2.04 bits per heavy atom. The molecule has 0 aliphatic heterocycles. The number of benzene rings is 1. The fourth-order valence-corrected chi connectivity index (χ4v) is 4.31. The molecule has 0 unspecified atom stereocenters. The van der Waals surface area contributed by atoms with Gasteiger partial charge >= 0.3 is 5.69 Å². The normalized spacial score (nSPS) is 11.7. The fourth-order valence-electron chi connectivity index (χ4n) is 3.22. The molecule has 132 valence electrons. The predicted molar refractivity (Wildman–Crippen MR) is 107 cm³/mol. The highest BCUT2D eigenvalue weighted by Gasteiger charge is 2.19. The highest BCUT2D eigenvalue weighted by molar-refractivity contribution is 7.17. The molecular formula is C20H20N4OS. The van der Waals surface area contributed by atoms with Crippen molar-refractivity contribution < 1.29 is 0 Å². The lowest BCUT2D eigenvalue weighted by Crippen LogP contribution is -2.27. The van der Waals surface area contributed by atoms with Gasteiger partial charge in [0.05, 0.1) is 5.39 Å². The van der Waals surface area contributed by atoms with Crippen molar-refractivity contribution >= 4 is 27.2 Å². The zero-order valence-electron chi connectivity index (χ0n) is 14.8. The van der Waals surface area contributed by atoms with E-state index < -0.39 is 0 Å². The minimum absolute atomic E-state index is 0.181. The molecule has 0 N–H and O–H groups in total. The quantitative estimate of drug-likeness (QED) is 0.500. The monoisotopic (exact) mass is 364 g/mol. The summed E-state index contributed by atoms with van der Waals surface area (Å²) in [5.74, 6) is 1.09. The van der Waals surface area contributed by atoms with Crippen LogP contribution in [0.1, 0.15) is 19.4 Å². The van der Waals surface area contributed by atoms with E-state index in [1.165, 1.54) is 10.1 Å².